The highest BCUT2D eigenvalue weighted by Gasteiger charge is 2.08. The van der Waals surface area contributed by atoms with Gasteiger partial charge in [0, 0.05) is 15.6 Å². The normalized spacial score (nSPS) is 11.4. The van der Waals surface area contributed by atoms with E-state index in [2.05, 4.69) is 10.3 Å². The predicted molar refractivity (Wildman–Crippen MR) is 108 cm³/mol. The third-order valence-corrected chi connectivity index (χ3v) is 4.64. The van der Waals surface area contributed by atoms with Gasteiger partial charge in [-0.25, -0.2) is 8.95 Å². The number of nitrogens with zero attached hydrogens (tertiary/aromatic N) is 2. The van der Waals surface area contributed by atoms with Crippen molar-refractivity contribution in [2.75, 3.05) is 11.9 Å². The Morgan fingerprint density at radius 3 is 2.62 bits per heavy atom. The summed E-state index contributed by atoms with van der Waals surface area (Å²) in [5.41, 5.74) is 1.93. The van der Waals surface area contributed by atoms with Gasteiger partial charge in [-0.2, -0.15) is 0 Å². The number of hydrogen-bond acceptors (Lipinski definition) is 4. The van der Waals surface area contributed by atoms with Gasteiger partial charge in [-0.3, -0.25) is 5.41 Å². The molecule has 2 aromatic carbocycles. The van der Waals surface area contributed by atoms with Crippen molar-refractivity contribution >= 4 is 40.5 Å². The molecule has 3 rings (SSSR count). The summed E-state index contributed by atoms with van der Waals surface area (Å²) in [6.07, 6.45) is 0. The Bertz CT molecular complexity index is 976. The molecule has 0 radical (unpaired) electrons. The van der Waals surface area contributed by atoms with Crippen LogP contribution in [-0.2, 0) is 0 Å². The molecule has 0 bridgehead atoms. The molecule has 7 heteroatoms. The zero-order valence-corrected chi connectivity index (χ0v) is 16.1. The minimum absolute atomic E-state index is 0.367. The summed E-state index contributed by atoms with van der Waals surface area (Å²) in [4.78, 5) is 5.72. The van der Waals surface area contributed by atoms with Gasteiger partial charge in [-0.1, -0.05) is 29.2 Å². The van der Waals surface area contributed by atoms with Crippen LogP contribution in [0.2, 0.25) is 5.02 Å². The van der Waals surface area contributed by atoms with Gasteiger partial charge in [0.2, 0.25) is 5.96 Å². The number of aliphatic imine (C=N–C) groups is 1. The third kappa shape index (κ3) is 4.53. The zero-order valence-electron chi connectivity index (χ0n) is 14.5. The topological polar surface area (TPSA) is 62.4 Å². The Hall–Kier alpha value is -2.57. The molecule has 1 aromatic heterocycles. The second-order valence-corrected chi connectivity index (χ2v) is 7.15. The van der Waals surface area contributed by atoms with E-state index in [4.69, 9.17) is 21.7 Å². The van der Waals surface area contributed by atoms with E-state index in [9.17, 15) is 0 Å². The number of aromatic nitrogens is 1. The van der Waals surface area contributed by atoms with E-state index in [1.165, 1.54) is 11.5 Å². The average molecular weight is 387 g/mol. The van der Waals surface area contributed by atoms with E-state index in [-0.39, 0.29) is 0 Å². The summed E-state index contributed by atoms with van der Waals surface area (Å²) in [5.74, 6) is 1.34. The number of hydrogen-bond donors (Lipinski definition) is 2. The Morgan fingerprint density at radius 1 is 1.23 bits per heavy atom. The van der Waals surface area contributed by atoms with Gasteiger partial charge >= 0.3 is 0 Å². The van der Waals surface area contributed by atoms with Crippen molar-refractivity contribution in [1.82, 2.24) is 3.96 Å². The molecule has 2 N–H and O–H groups in total. The fourth-order valence-electron chi connectivity index (χ4n) is 2.35. The summed E-state index contributed by atoms with van der Waals surface area (Å²) in [7, 11) is 0. The van der Waals surface area contributed by atoms with Crippen LogP contribution < -0.4 is 15.5 Å². The molecular weight excluding hydrogens is 368 g/mol. The fraction of sp³-hybridized carbons (Fsp3) is 0.158. The predicted octanol–water partition coefficient (Wildman–Crippen LogP) is 5.04. The number of rotatable bonds is 4. The van der Waals surface area contributed by atoms with Crippen molar-refractivity contribution < 1.29 is 4.74 Å². The lowest BCUT2D eigenvalue weighted by Crippen LogP contribution is -2.28. The molecular formula is C19H19ClN4OS. The highest BCUT2D eigenvalue weighted by atomic mass is 35.5. The number of nitrogens with one attached hydrogen (secondary N) is 2. The van der Waals surface area contributed by atoms with Gasteiger partial charge in [0.05, 0.1) is 12.3 Å². The van der Waals surface area contributed by atoms with Crippen molar-refractivity contribution in [1.29, 1.82) is 5.41 Å². The van der Waals surface area contributed by atoms with E-state index in [0.717, 1.165) is 22.0 Å². The highest BCUT2D eigenvalue weighted by molar-refractivity contribution is 7.07. The van der Waals surface area contributed by atoms with Crippen LogP contribution in [0.5, 0.6) is 5.75 Å². The lowest BCUT2D eigenvalue weighted by molar-refractivity contribution is 0.340. The van der Waals surface area contributed by atoms with Crippen LogP contribution in [0.3, 0.4) is 0 Å². The minimum atomic E-state index is 0.367. The molecule has 26 heavy (non-hydrogen) atoms. The maximum absolute atomic E-state index is 8.19. The lowest BCUT2D eigenvalue weighted by atomic mass is 10.3. The van der Waals surface area contributed by atoms with E-state index in [1.807, 2.05) is 62.4 Å². The summed E-state index contributed by atoms with van der Waals surface area (Å²) >= 11 is 7.54. The Morgan fingerprint density at radius 2 is 2.00 bits per heavy atom. The molecule has 0 aliphatic carbocycles. The van der Waals surface area contributed by atoms with Gasteiger partial charge in [0.25, 0.3) is 0 Å². The SMILES string of the molecule is CCOc1ccc(N=C(Nc2cccc(Cl)c2)n2sc(C)cc2=N)cc1. The van der Waals surface area contributed by atoms with Crippen molar-refractivity contribution in [3.63, 3.8) is 0 Å². The number of benzene rings is 2. The molecule has 0 aliphatic rings. The average Bonchev–Trinajstić information content (AvgIpc) is 2.95. The van der Waals surface area contributed by atoms with Crippen molar-refractivity contribution in [2.45, 2.75) is 13.8 Å². The lowest BCUT2D eigenvalue weighted by Gasteiger charge is -2.11. The Balaban J connectivity index is 1.99. The van der Waals surface area contributed by atoms with E-state index >= 15 is 0 Å². The molecule has 0 saturated heterocycles. The van der Waals surface area contributed by atoms with Crippen LogP contribution in [0.15, 0.2) is 59.6 Å². The maximum Gasteiger partial charge on any atom is 0.223 e. The molecule has 0 amide bonds. The van der Waals surface area contributed by atoms with Crippen molar-refractivity contribution in [2.24, 2.45) is 4.99 Å². The zero-order chi connectivity index (χ0) is 18.5. The quantitative estimate of drug-likeness (QED) is 0.487. The molecule has 3 aromatic rings. The fourth-order valence-corrected chi connectivity index (χ4v) is 3.32. The van der Waals surface area contributed by atoms with E-state index in [0.29, 0.717) is 23.1 Å². The van der Waals surface area contributed by atoms with Crippen LogP contribution in [0.4, 0.5) is 11.4 Å². The number of anilines is 1. The smallest absolute Gasteiger partial charge is 0.223 e. The first kappa shape index (κ1) is 18.2. The van der Waals surface area contributed by atoms with Crippen molar-refractivity contribution in [3.05, 3.63) is 70.0 Å². The number of halogens is 1. The molecule has 0 fully saturated rings. The first-order chi connectivity index (χ1) is 12.5. The largest absolute Gasteiger partial charge is 0.494 e. The Kier molecular flexibility index (Phi) is 5.75. The summed E-state index contributed by atoms with van der Waals surface area (Å²) in [5, 5.41) is 12.1. The van der Waals surface area contributed by atoms with Crippen LogP contribution >= 0.6 is 23.1 Å². The van der Waals surface area contributed by atoms with Gasteiger partial charge in [-0.15, -0.1) is 0 Å². The second-order valence-electron chi connectivity index (χ2n) is 5.52. The summed E-state index contributed by atoms with van der Waals surface area (Å²) in [6.45, 7) is 4.54. The number of aryl methyl sites for hydroxylation is 1. The van der Waals surface area contributed by atoms with Crippen LogP contribution in [-0.4, -0.2) is 16.5 Å². The van der Waals surface area contributed by atoms with Gasteiger partial charge in [0.15, 0.2) is 0 Å². The van der Waals surface area contributed by atoms with Gasteiger partial charge in [0.1, 0.15) is 11.2 Å². The summed E-state index contributed by atoms with van der Waals surface area (Å²) < 4.78 is 7.21. The monoisotopic (exact) mass is 386 g/mol. The van der Waals surface area contributed by atoms with E-state index in [1.54, 1.807) is 10.0 Å². The third-order valence-electron chi connectivity index (χ3n) is 3.45. The van der Waals surface area contributed by atoms with Gasteiger partial charge < -0.3 is 10.1 Å². The number of ether oxygens (including phenoxy) is 1. The second kappa shape index (κ2) is 8.21. The molecule has 0 atom stereocenters. The Labute approximate surface area is 161 Å². The molecule has 0 spiro atoms. The van der Waals surface area contributed by atoms with Crippen LogP contribution in [0.1, 0.15) is 11.8 Å². The molecule has 0 saturated carbocycles. The maximum atomic E-state index is 8.19. The summed E-state index contributed by atoms with van der Waals surface area (Å²) in [6, 6.07) is 16.7. The molecule has 0 aliphatic heterocycles. The standard InChI is InChI=1S/C19H19ClN4OS/c1-3-25-17-9-7-15(8-10-17)22-19(24-18(21)11-13(2)26-24)23-16-6-4-5-14(20)12-16/h4-12,21H,3H2,1-2H3,(H,22,23). The molecule has 5 nitrogen and oxygen atoms in total. The van der Waals surface area contributed by atoms with E-state index < -0.39 is 0 Å². The van der Waals surface area contributed by atoms with Crippen molar-refractivity contribution in [3.8, 4) is 5.75 Å². The highest BCUT2D eigenvalue weighted by Crippen LogP contribution is 2.20. The van der Waals surface area contributed by atoms with Gasteiger partial charge in [-0.05, 0) is 62.4 Å². The molecule has 134 valence electrons. The first-order valence-electron chi connectivity index (χ1n) is 8.14. The van der Waals surface area contributed by atoms with Crippen LogP contribution in [0.25, 0.3) is 0 Å². The minimum Gasteiger partial charge on any atom is -0.494 e. The van der Waals surface area contributed by atoms with Crippen LogP contribution in [0, 0.1) is 12.3 Å². The first-order valence-corrected chi connectivity index (χ1v) is 9.29. The molecule has 1 heterocycles. The molecule has 0 unspecified atom stereocenters.